The Bertz CT molecular complexity index is 723. The van der Waals surface area contributed by atoms with E-state index in [1.54, 1.807) is 12.1 Å². The molecule has 0 amide bonds. The zero-order valence-electron chi connectivity index (χ0n) is 15.2. The molecule has 2 rings (SSSR count). The van der Waals surface area contributed by atoms with Crippen LogP contribution in [0.15, 0.2) is 42.5 Å². The molecule has 0 aliphatic carbocycles. The van der Waals surface area contributed by atoms with Crippen LogP contribution in [0.1, 0.15) is 6.92 Å². The third-order valence-electron chi connectivity index (χ3n) is 3.40. The highest BCUT2D eigenvalue weighted by Gasteiger charge is 2.08. The van der Waals surface area contributed by atoms with Gasteiger partial charge in [-0.05, 0) is 75.7 Å². The van der Waals surface area contributed by atoms with Crippen LogP contribution in [0.5, 0.6) is 17.2 Å². The molecule has 2 aromatic carbocycles. The van der Waals surface area contributed by atoms with Gasteiger partial charge < -0.3 is 25.0 Å². The Kier molecular flexibility index (Phi) is 7.97. The second kappa shape index (κ2) is 10.2. The molecular weight excluding hydrogens is 370 g/mol. The standard InChI is InChI=1S/C19H24ClN3O2S/c1-4-24-15-6-8-16(9-7-15)25-18-10-5-14(20)13-17(18)22-19(26)21-11-12-23(2)3/h5-10,13H,4,11-12H2,1-3H3,(H2,21,22,26). The minimum absolute atomic E-state index is 0.519. The van der Waals surface area contributed by atoms with Crippen molar-refractivity contribution in [2.45, 2.75) is 6.92 Å². The van der Waals surface area contributed by atoms with Crippen LogP contribution in [0.3, 0.4) is 0 Å². The summed E-state index contributed by atoms with van der Waals surface area (Å²) in [7, 11) is 4.02. The van der Waals surface area contributed by atoms with Crippen LogP contribution >= 0.6 is 23.8 Å². The van der Waals surface area contributed by atoms with Crippen LogP contribution in [0.4, 0.5) is 5.69 Å². The summed E-state index contributed by atoms with van der Waals surface area (Å²) in [4.78, 5) is 2.08. The first-order chi connectivity index (χ1) is 12.5. The average molecular weight is 394 g/mol. The van der Waals surface area contributed by atoms with Crippen LogP contribution < -0.4 is 20.1 Å². The highest BCUT2D eigenvalue weighted by atomic mass is 35.5. The molecule has 2 N–H and O–H groups in total. The first kappa shape index (κ1) is 20.3. The lowest BCUT2D eigenvalue weighted by atomic mass is 10.3. The first-order valence-electron chi connectivity index (χ1n) is 8.37. The molecule has 0 saturated carbocycles. The molecule has 0 spiro atoms. The van der Waals surface area contributed by atoms with Gasteiger partial charge in [-0.1, -0.05) is 11.6 Å². The Labute approximate surface area is 165 Å². The summed E-state index contributed by atoms with van der Waals surface area (Å²) in [6.07, 6.45) is 0. The van der Waals surface area contributed by atoms with Crippen molar-refractivity contribution in [1.82, 2.24) is 10.2 Å². The summed E-state index contributed by atoms with van der Waals surface area (Å²) in [5.41, 5.74) is 0.703. The number of nitrogens with one attached hydrogen (secondary N) is 2. The van der Waals surface area contributed by atoms with Crippen molar-refractivity contribution in [2.24, 2.45) is 0 Å². The fraction of sp³-hybridized carbons (Fsp3) is 0.316. The average Bonchev–Trinajstić information content (AvgIpc) is 2.59. The van der Waals surface area contributed by atoms with Gasteiger partial charge in [-0.25, -0.2) is 0 Å². The number of rotatable bonds is 8. The number of likely N-dealkylation sites (N-methyl/N-ethyl adjacent to an activating group) is 1. The monoisotopic (exact) mass is 393 g/mol. The van der Waals surface area contributed by atoms with Crippen molar-refractivity contribution in [3.63, 3.8) is 0 Å². The molecule has 140 valence electrons. The molecule has 5 nitrogen and oxygen atoms in total. The molecule has 26 heavy (non-hydrogen) atoms. The Morgan fingerprint density at radius 1 is 1.12 bits per heavy atom. The Balaban J connectivity index is 2.05. The minimum atomic E-state index is 0.519. The lowest BCUT2D eigenvalue weighted by Gasteiger charge is -2.16. The molecule has 0 heterocycles. The van der Waals surface area contributed by atoms with Crippen molar-refractivity contribution >= 4 is 34.6 Å². The van der Waals surface area contributed by atoms with Crippen LogP contribution in [-0.4, -0.2) is 43.8 Å². The second-order valence-corrected chi connectivity index (χ2v) is 6.68. The number of halogens is 1. The van der Waals surface area contributed by atoms with E-state index in [1.807, 2.05) is 51.4 Å². The normalized spacial score (nSPS) is 10.5. The summed E-state index contributed by atoms with van der Waals surface area (Å²) in [6.45, 7) is 4.21. The van der Waals surface area contributed by atoms with Crippen molar-refractivity contribution in [1.29, 1.82) is 0 Å². The maximum absolute atomic E-state index is 6.12. The third kappa shape index (κ3) is 6.71. The number of ether oxygens (including phenoxy) is 2. The van der Waals surface area contributed by atoms with Crippen molar-refractivity contribution < 1.29 is 9.47 Å². The number of hydrogen-bond acceptors (Lipinski definition) is 4. The number of anilines is 1. The molecular formula is C19H24ClN3O2S. The summed E-state index contributed by atoms with van der Waals surface area (Å²) in [6, 6.07) is 12.8. The summed E-state index contributed by atoms with van der Waals surface area (Å²) < 4.78 is 11.4. The Hall–Kier alpha value is -2.02. The fourth-order valence-electron chi connectivity index (χ4n) is 2.15. The maximum atomic E-state index is 6.12. The van der Waals surface area contributed by atoms with Gasteiger partial charge in [-0.2, -0.15) is 0 Å². The van der Waals surface area contributed by atoms with E-state index in [4.69, 9.17) is 33.3 Å². The predicted molar refractivity (Wildman–Crippen MR) is 112 cm³/mol. The van der Waals surface area contributed by atoms with Gasteiger partial charge >= 0.3 is 0 Å². The fourth-order valence-corrected chi connectivity index (χ4v) is 2.53. The minimum Gasteiger partial charge on any atom is -0.494 e. The van der Waals surface area contributed by atoms with E-state index >= 15 is 0 Å². The van der Waals surface area contributed by atoms with Crippen LogP contribution in [0.25, 0.3) is 0 Å². The molecule has 0 fully saturated rings. The Morgan fingerprint density at radius 2 is 1.81 bits per heavy atom. The van der Waals surface area contributed by atoms with E-state index in [0.29, 0.717) is 33.9 Å². The van der Waals surface area contributed by atoms with Crippen molar-refractivity contribution in [3.8, 4) is 17.2 Å². The largest absolute Gasteiger partial charge is 0.494 e. The van der Waals surface area contributed by atoms with E-state index in [9.17, 15) is 0 Å². The molecule has 0 aliphatic rings. The molecule has 0 aromatic heterocycles. The lowest BCUT2D eigenvalue weighted by Crippen LogP contribution is -2.34. The van der Waals surface area contributed by atoms with E-state index in [1.165, 1.54) is 0 Å². The van der Waals surface area contributed by atoms with Gasteiger partial charge in [0, 0.05) is 18.1 Å². The third-order valence-corrected chi connectivity index (χ3v) is 3.88. The molecule has 0 bridgehead atoms. The second-order valence-electron chi connectivity index (χ2n) is 5.83. The highest BCUT2D eigenvalue weighted by molar-refractivity contribution is 7.80. The van der Waals surface area contributed by atoms with E-state index < -0.39 is 0 Å². The molecule has 7 heteroatoms. The number of thiocarbonyl (C=S) groups is 1. The smallest absolute Gasteiger partial charge is 0.170 e. The topological polar surface area (TPSA) is 45.8 Å². The zero-order valence-corrected chi connectivity index (χ0v) is 16.8. The Morgan fingerprint density at radius 3 is 2.46 bits per heavy atom. The summed E-state index contributed by atoms with van der Waals surface area (Å²) >= 11 is 11.5. The molecule has 0 radical (unpaired) electrons. The van der Waals surface area contributed by atoms with E-state index in [2.05, 4.69) is 15.5 Å². The lowest BCUT2D eigenvalue weighted by molar-refractivity contribution is 0.339. The number of benzene rings is 2. The van der Waals surface area contributed by atoms with Gasteiger partial charge in [0.05, 0.1) is 12.3 Å². The number of nitrogens with zero attached hydrogens (tertiary/aromatic N) is 1. The van der Waals surface area contributed by atoms with Gasteiger partial charge in [0.2, 0.25) is 0 Å². The van der Waals surface area contributed by atoms with Gasteiger partial charge in [-0.15, -0.1) is 0 Å². The SMILES string of the molecule is CCOc1ccc(Oc2ccc(Cl)cc2NC(=S)NCCN(C)C)cc1. The summed E-state index contributed by atoms with van der Waals surface area (Å²) in [5.74, 6) is 2.14. The van der Waals surface area contributed by atoms with Gasteiger partial charge in [0.15, 0.2) is 10.9 Å². The zero-order chi connectivity index (χ0) is 18.9. The van der Waals surface area contributed by atoms with Gasteiger partial charge in [-0.3, -0.25) is 0 Å². The predicted octanol–water partition coefficient (Wildman–Crippen LogP) is 4.38. The summed E-state index contributed by atoms with van der Waals surface area (Å²) in [5, 5.41) is 7.42. The van der Waals surface area contributed by atoms with Crippen molar-refractivity contribution in [2.75, 3.05) is 39.1 Å². The van der Waals surface area contributed by atoms with Gasteiger partial charge in [0.25, 0.3) is 0 Å². The van der Waals surface area contributed by atoms with E-state index in [-0.39, 0.29) is 0 Å². The molecule has 0 atom stereocenters. The van der Waals surface area contributed by atoms with Crippen LogP contribution in [0, 0.1) is 0 Å². The van der Waals surface area contributed by atoms with Gasteiger partial charge in [0.1, 0.15) is 11.5 Å². The molecule has 0 aliphatic heterocycles. The number of hydrogen-bond donors (Lipinski definition) is 2. The van der Waals surface area contributed by atoms with Crippen LogP contribution in [0.2, 0.25) is 5.02 Å². The van der Waals surface area contributed by atoms with Crippen LogP contribution in [-0.2, 0) is 0 Å². The van der Waals surface area contributed by atoms with E-state index in [0.717, 1.165) is 18.8 Å². The molecule has 0 unspecified atom stereocenters. The highest BCUT2D eigenvalue weighted by Crippen LogP contribution is 2.32. The molecule has 0 saturated heterocycles. The first-order valence-corrected chi connectivity index (χ1v) is 9.16. The molecule has 2 aromatic rings. The maximum Gasteiger partial charge on any atom is 0.170 e. The van der Waals surface area contributed by atoms with Crippen molar-refractivity contribution in [3.05, 3.63) is 47.5 Å². The quantitative estimate of drug-likeness (QED) is 0.649.